The quantitative estimate of drug-likeness (QED) is 0.0559. The van der Waals surface area contributed by atoms with Crippen molar-refractivity contribution in [3.8, 4) is 0 Å². The van der Waals surface area contributed by atoms with Crippen molar-refractivity contribution in [2.45, 2.75) is 98.3 Å². The van der Waals surface area contributed by atoms with Gasteiger partial charge in [-0.1, -0.05) is 71.6 Å². The Bertz CT molecular complexity index is 622. The Kier molecular flexibility index (Phi) is 37.2. The molecule has 0 unspecified atom stereocenters. The van der Waals surface area contributed by atoms with E-state index in [4.69, 9.17) is 47.4 Å². The van der Waals surface area contributed by atoms with E-state index in [-0.39, 0.29) is 12.6 Å². The van der Waals surface area contributed by atoms with Crippen LogP contribution in [0, 0.1) is 5.41 Å². The monoisotopic (exact) mass is 681 g/mol. The molecule has 282 valence electrons. The number of carbonyl (C=O) groups excluding carboxylic acids is 1. The second kappa shape index (κ2) is 37.9. The van der Waals surface area contributed by atoms with E-state index in [1.807, 2.05) is 20.8 Å². The molecule has 0 fully saturated rings. The average Bonchev–Trinajstić information content (AvgIpc) is 3.07. The van der Waals surface area contributed by atoms with Crippen molar-refractivity contribution >= 4 is 5.97 Å². The fraction of sp³-hybridized carbons (Fsp3) is 0.972. The molecule has 0 aliphatic carbocycles. The zero-order valence-corrected chi connectivity index (χ0v) is 30.7. The molecule has 0 aromatic heterocycles. The second-order valence-electron chi connectivity index (χ2n) is 12.1. The number of esters is 1. The van der Waals surface area contributed by atoms with Gasteiger partial charge in [0, 0.05) is 6.61 Å². The predicted octanol–water partition coefficient (Wildman–Crippen LogP) is 6.04. The van der Waals surface area contributed by atoms with Gasteiger partial charge in [0.05, 0.1) is 118 Å². The van der Waals surface area contributed by atoms with E-state index in [1.165, 1.54) is 57.8 Å². The van der Waals surface area contributed by atoms with E-state index in [9.17, 15) is 4.79 Å². The molecular formula is C36H72O11. The van der Waals surface area contributed by atoms with E-state index in [0.29, 0.717) is 112 Å². The highest BCUT2D eigenvalue weighted by atomic mass is 16.6. The van der Waals surface area contributed by atoms with Crippen molar-refractivity contribution in [3.63, 3.8) is 0 Å². The highest BCUT2D eigenvalue weighted by molar-refractivity contribution is 5.75. The number of unbranched alkanes of at least 4 members (excludes halogenated alkanes) is 9. The molecule has 0 saturated carbocycles. The molecule has 0 aromatic carbocycles. The van der Waals surface area contributed by atoms with Gasteiger partial charge in [0.1, 0.15) is 6.61 Å². The van der Waals surface area contributed by atoms with Crippen LogP contribution in [0.3, 0.4) is 0 Å². The van der Waals surface area contributed by atoms with Gasteiger partial charge in [0.2, 0.25) is 0 Å². The molecule has 0 aromatic rings. The fourth-order valence-corrected chi connectivity index (χ4v) is 4.09. The van der Waals surface area contributed by atoms with Crippen LogP contribution in [0.1, 0.15) is 98.3 Å². The van der Waals surface area contributed by atoms with Crippen molar-refractivity contribution in [2.24, 2.45) is 5.41 Å². The maximum atomic E-state index is 11.8. The maximum absolute atomic E-state index is 11.8. The van der Waals surface area contributed by atoms with E-state index >= 15 is 0 Å². The summed E-state index contributed by atoms with van der Waals surface area (Å²) in [4.78, 5) is 11.8. The van der Waals surface area contributed by atoms with E-state index in [1.54, 1.807) is 0 Å². The van der Waals surface area contributed by atoms with Crippen molar-refractivity contribution < 1.29 is 52.2 Å². The van der Waals surface area contributed by atoms with Gasteiger partial charge in [-0.05, 0) is 26.7 Å². The topological polar surface area (TPSA) is 109 Å². The fourth-order valence-electron chi connectivity index (χ4n) is 4.09. The Balaban J connectivity index is 3.10. The van der Waals surface area contributed by atoms with Crippen molar-refractivity contribution in [3.05, 3.63) is 0 Å². The summed E-state index contributed by atoms with van der Waals surface area (Å²) in [6.45, 7) is 17.8. The lowest BCUT2D eigenvalue weighted by atomic mass is 9.91. The van der Waals surface area contributed by atoms with Crippen LogP contribution in [0.25, 0.3) is 0 Å². The maximum Gasteiger partial charge on any atom is 0.311 e. The third kappa shape index (κ3) is 36.2. The zero-order valence-electron chi connectivity index (χ0n) is 30.7. The summed E-state index contributed by atoms with van der Waals surface area (Å²) in [5, 5.41) is 0. The normalized spacial score (nSPS) is 11.8. The van der Waals surface area contributed by atoms with Gasteiger partial charge in [-0.15, -0.1) is 0 Å². The Hall–Kier alpha value is -0.890. The van der Waals surface area contributed by atoms with Crippen LogP contribution in [0.2, 0.25) is 0 Å². The third-order valence-corrected chi connectivity index (χ3v) is 7.52. The van der Waals surface area contributed by atoms with Crippen LogP contribution in [0.15, 0.2) is 0 Å². The van der Waals surface area contributed by atoms with Gasteiger partial charge in [0.15, 0.2) is 0 Å². The van der Waals surface area contributed by atoms with Crippen LogP contribution in [-0.4, -0.2) is 132 Å². The molecule has 0 radical (unpaired) electrons. The molecule has 0 N–H and O–H groups in total. The Labute approximate surface area is 287 Å². The number of hydrogen-bond donors (Lipinski definition) is 0. The number of carbonyl (C=O) groups is 1. The lowest BCUT2D eigenvalue weighted by molar-refractivity contribution is -0.155. The average molecular weight is 681 g/mol. The summed E-state index contributed by atoms with van der Waals surface area (Å²) < 4.78 is 54.7. The van der Waals surface area contributed by atoms with Crippen LogP contribution in [0.5, 0.6) is 0 Å². The third-order valence-electron chi connectivity index (χ3n) is 7.52. The molecule has 0 heterocycles. The first-order chi connectivity index (χ1) is 23.0. The second-order valence-corrected chi connectivity index (χ2v) is 12.1. The summed E-state index contributed by atoms with van der Waals surface area (Å²) >= 11 is 0. The molecule has 0 spiro atoms. The summed E-state index contributed by atoms with van der Waals surface area (Å²) in [5.41, 5.74) is -0.451. The smallest absolute Gasteiger partial charge is 0.311 e. The first-order valence-electron chi connectivity index (χ1n) is 18.4. The summed E-state index contributed by atoms with van der Waals surface area (Å²) in [5.74, 6) is -0.195. The summed E-state index contributed by atoms with van der Waals surface area (Å²) in [6.07, 6.45) is 14.1. The van der Waals surface area contributed by atoms with Gasteiger partial charge in [-0.2, -0.15) is 0 Å². The van der Waals surface area contributed by atoms with Crippen LogP contribution < -0.4 is 0 Å². The van der Waals surface area contributed by atoms with Crippen LogP contribution in [0.4, 0.5) is 0 Å². The van der Waals surface area contributed by atoms with Gasteiger partial charge < -0.3 is 47.4 Å². The molecule has 0 atom stereocenters. The molecule has 11 nitrogen and oxygen atoms in total. The molecule has 11 heteroatoms. The highest BCUT2D eigenvalue weighted by Gasteiger charge is 2.26. The van der Waals surface area contributed by atoms with Gasteiger partial charge >= 0.3 is 5.97 Å². The molecular weight excluding hydrogens is 608 g/mol. The number of rotatable bonds is 40. The predicted molar refractivity (Wildman–Crippen MR) is 184 cm³/mol. The van der Waals surface area contributed by atoms with E-state index in [2.05, 4.69) is 6.92 Å². The largest absolute Gasteiger partial charge is 0.463 e. The first kappa shape index (κ1) is 46.1. The van der Waals surface area contributed by atoms with Gasteiger partial charge in [-0.25, -0.2) is 0 Å². The van der Waals surface area contributed by atoms with Crippen molar-refractivity contribution in [1.82, 2.24) is 0 Å². The molecule has 0 amide bonds. The Morgan fingerprint density at radius 3 is 0.915 bits per heavy atom. The summed E-state index contributed by atoms with van der Waals surface area (Å²) in [6, 6.07) is 0. The zero-order chi connectivity index (χ0) is 34.4. The van der Waals surface area contributed by atoms with Gasteiger partial charge in [-0.3, -0.25) is 4.79 Å². The highest BCUT2D eigenvalue weighted by Crippen LogP contribution is 2.21. The first-order valence-corrected chi connectivity index (χ1v) is 18.4. The lowest BCUT2D eigenvalue weighted by Crippen LogP contribution is -2.27. The summed E-state index contributed by atoms with van der Waals surface area (Å²) in [7, 11) is 0. The molecule has 0 aliphatic heterocycles. The molecule has 47 heavy (non-hydrogen) atoms. The van der Waals surface area contributed by atoms with Crippen molar-refractivity contribution in [1.29, 1.82) is 0 Å². The van der Waals surface area contributed by atoms with Crippen LogP contribution >= 0.6 is 0 Å². The number of hydrogen-bond acceptors (Lipinski definition) is 11. The Morgan fingerprint density at radius 1 is 0.362 bits per heavy atom. The molecule has 0 rings (SSSR count). The molecule has 0 bridgehead atoms. The van der Waals surface area contributed by atoms with Gasteiger partial charge in [0.25, 0.3) is 0 Å². The minimum atomic E-state index is -0.451. The minimum absolute atomic E-state index is 0.195. The van der Waals surface area contributed by atoms with Crippen LogP contribution in [-0.2, 0) is 52.2 Å². The van der Waals surface area contributed by atoms with E-state index in [0.717, 1.165) is 19.4 Å². The standard InChI is InChI=1S/C36H72O11/c1-5-7-8-9-10-11-12-13-14-15-16-38-17-18-39-19-20-40-21-22-41-23-24-42-25-26-43-27-28-44-29-30-45-31-32-46-33-34-47-35(37)36(3,4)6-2/h5-34H2,1-4H3. The lowest BCUT2D eigenvalue weighted by Gasteiger charge is -2.20. The minimum Gasteiger partial charge on any atom is -0.463 e. The molecule has 0 saturated heterocycles. The SMILES string of the molecule is CCCCCCCCCCCCOCCOCCOCCOCCOCCOCCOCCOCCOCCOC(=O)C(C)(C)CC. The van der Waals surface area contributed by atoms with E-state index < -0.39 is 5.41 Å². The molecule has 0 aliphatic rings. The number of ether oxygens (including phenoxy) is 10. The van der Waals surface area contributed by atoms with Crippen molar-refractivity contribution in [2.75, 3.05) is 126 Å². The Morgan fingerprint density at radius 2 is 0.617 bits per heavy atom.